The zero-order valence-electron chi connectivity index (χ0n) is 16.4. The number of aliphatic hydroxyl groups excluding tert-OH is 1. The highest BCUT2D eigenvalue weighted by Gasteiger charge is 2.35. The van der Waals surface area contributed by atoms with Gasteiger partial charge in [0, 0.05) is 11.8 Å². The Balaban J connectivity index is 1.72. The largest absolute Gasteiger partial charge is 0.489 e. The molecule has 1 aliphatic rings. The molecule has 1 aliphatic carbocycles. The smallest absolute Gasteiger partial charge is 0.339 e. The fourth-order valence-corrected chi connectivity index (χ4v) is 3.47. The number of aliphatic hydroxyl groups is 1. The minimum absolute atomic E-state index is 0.0362. The molecule has 2 N–H and O–H groups in total. The van der Waals surface area contributed by atoms with Gasteiger partial charge in [-0.05, 0) is 37.1 Å². The molecule has 0 heterocycles. The number of aliphatic carboxylic acids is 1. The van der Waals surface area contributed by atoms with Gasteiger partial charge in [-0.1, -0.05) is 48.2 Å². The molecule has 0 saturated heterocycles. The van der Waals surface area contributed by atoms with Crippen molar-refractivity contribution in [2.75, 3.05) is 6.61 Å². The molecule has 156 valence electrons. The lowest BCUT2D eigenvalue weighted by atomic mass is 9.92. The van der Waals surface area contributed by atoms with Crippen molar-refractivity contribution in [2.45, 2.75) is 31.5 Å². The number of carboxylic acid groups (broad SMARTS) is 1. The van der Waals surface area contributed by atoms with Gasteiger partial charge in [0.1, 0.15) is 12.4 Å². The van der Waals surface area contributed by atoms with Gasteiger partial charge in [-0.25, -0.2) is 4.79 Å². The van der Waals surface area contributed by atoms with Gasteiger partial charge in [0.25, 0.3) is 0 Å². The Labute approximate surface area is 175 Å². The van der Waals surface area contributed by atoms with E-state index in [0.717, 1.165) is 0 Å². The third-order valence-electron chi connectivity index (χ3n) is 5.03. The molecule has 2 aromatic rings. The maximum atomic E-state index is 12.5. The van der Waals surface area contributed by atoms with Crippen LogP contribution < -0.4 is 4.74 Å². The van der Waals surface area contributed by atoms with Crippen molar-refractivity contribution in [3.05, 3.63) is 66.2 Å². The van der Waals surface area contributed by atoms with Crippen molar-refractivity contribution in [1.29, 1.82) is 0 Å². The van der Waals surface area contributed by atoms with Gasteiger partial charge in [0.2, 0.25) is 0 Å². The highest BCUT2D eigenvalue weighted by atomic mass is 16.6. The van der Waals surface area contributed by atoms with Crippen LogP contribution in [0.4, 0.5) is 0 Å². The molecule has 4 atom stereocenters. The van der Waals surface area contributed by atoms with Gasteiger partial charge >= 0.3 is 11.9 Å². The molecule has 0 aromatic heterocycles. The van der Waals surface area contributed by atoms with Crippen LogP contribution in [0.2, 0.25) is 0 Å². The van der Waals surface area contributed by atoms with Crippen molar-refractivity contribution in [1.82, 2.24) is 0 Å². The molecule has 1 fully saturated rings. The molecule has 0 spiro atoms. The van der Waals surface area contributed by atoms with Crippen LogP contribution in [0.15, 0.2) is 60.7 Å². The van der Waals surface area contributed by atoms with Crippen LogP contribution in [-0.4, -0.2) is 41.0 Å². The molecule has 30 heavy (non-hydrogen) atoms. The minimum atomic E-state index is -0.966. The Hall–Kier alpha value is -3.30. The van der Waals surface area contributed by atoms with Gasteiger partial charge in [-0.3, -0.25) is 4.79 Å². The quantitative estimate of drug-likeness (QED) is 0.540. The third kappa shape index (κ3) is 6.10. The van der Waals surface area contributed by atoms with Crippen molar-refractivity contribution in [2.24, 2.45) is 11.8 Å². The Morgan fingerprint density at radius 3 is 2.37 bits per heavy atom. The van der Waals surface area contributed by atoms with E-state index in [1.54, 1.807) is 42.5 Å². The van der Waals surface area contributed by atoms with Crippen LogP contribution in [-0.2, 0) is 9.53 Å². The summed E-state index contributed by atoms with van der Waals surface area (Å²) < 4.78 is 11.3. The van der Waals surface area contributed by atoms with E-state index < -0.39 is 30.1 Å². The number of hydrogen-bond acceptors (Lipinski definition) is 5. The molecular formula is C24H24O6. The lowest BCUT2D eigenvalue weighted by molar-refractivity contribution is -0.139. The normalized spacial score (nSPS) is 21.2. The maximum Gasteiger partial charge on any atom is 0.339 e. The average Bonchev–Trinajstić information content (AvgIpc) is 3.10. The zero-order chi connectivity index (χ0) is 21.3. The van der Waals surface area contributed by atoms with Gasteiger partial charge in [0.15, 0.2) is 6.10 Å². The first-order valence-electron chi connectivity index (χ1n) is 9.87. The Kier molecular flexibility index (Phi) is 7.47. The maximum absolute atomic E-state index is 12.5. The summed E-state index contributed by atoms with van der Waals surface area (Å²) in [6, 6.07) is 17.7. The Morgan fingerprint density at radius 1 is 1.03 bits per heavy atom. The summed E-state index contributed by atoms with van der Waals surface area (Å²) in [5.74, 6) is 4.40. The van der Waals surface area contributed by atoms with Gasteiger partial charge in [0.05, 0.1) is 18.1 Å². The fraction of sp³-hybridized carbons (Fsp3) is 0.333. The van der Waals surface area contributed by atoms with Gasteiger partial charge in [-0.15, -0.1) is 0 Å². The molecular weight excluding hydrogens is 384 g/mol. The van der Waals surface area contributed by atoms with E-state index in [4.69, 9.17) is 14.6 Å². The van der Waals surface area contributed by atoms with E-state index in [1.165, 1.54) is 0 Å². The number of carboxylic acids is 1. The molecule has 4 unspecified atom stereocenters. The monoisotopic (exact) mass is 408 g/mol. The number of hydrogen-bond donors (Lipinski definition) is 2. The topological polar surface area (TPSA) is 93.1 Å². The van der Waals surface area contributed by atoms with E-state index >= 15 is 0 Å². The van der Waals surface area contributed by atoms with Gasteiger partial charge < -0.3 is 19.7 Å². The van der Waals surface area contributed by atoms with Crippen molar-refractivity contribution >= 4 is 11.9 Å². The molecule has 3 rings (SSSR count). The number of rotatable bonds is 7. The fourth-order valence-electron chi connectivity index (χ4n) is 3.47. The summed E-state index contributed by atoms with van der Waals surface area (Å²) in [5, 5.41) is 19.2. The first-order valence-corrected chi connectivity index (χ1v) is 9.87. The highest BCUT2D eigenvalue weighted by molar-refractivity contribution is 5.89. The second-order valence-electron chi connectivity index (χ2n) is 7.19. The van der Waals surface area contributed by atoms with E-state index in [0.29, 0.717) is 24.2 Å². The first-order chi connectivity index (χ1) is 14.5. The molecule has 0 bridgehead atoms. The van der Waals surface area contributed by atoms with Crippen LogP contribution >= 0.6 is 0 Å². The van der Waals surface area contributed by atoms with Crippen molar-refractivity contribution in [3.63, 3.8) is 0 Å². The third-order valence-corrected chi connectivity index (χ3v) is 5.03. The lowest BCUT2D eigenvalue weighted by Crippen LogP contribution is -2.25. The molecule has 6 nitrogen and oxygen atoms in total. The molecule has 1 saturated carbocycles. The molecule has 0 amide bonds. The predicted molar refractivity (Wildman–Crippen MR) is 110 cm³/mol. The second-order valence-corrected chi connectivity index (χ2v) is 7.19. The molecule has 2 aromatic carbocycles. The summed E-state index contributed by atoms with van der Waals surface area (Å²) >= 11 is 0. The van der Waals surface area contributed by atoms with Crippen molar-refractivity contribution in [3.8, 4) is 17.6 Å². The molecule has 6 heteroatoms. The predicted octanol–water partition coefficient (Wildman–Crippen LogP) is 3.16. The summed E-state index contributed by atoms with van der Waals surface area (Å²) in [6.07, 6.45) is -0.556. The highest BCUT2D eigenvalue weighted by Crippen LogP contribution is 2.34. The minimum Gasteiger partial charge on any atom is -0.489 e. The van der Waals surface area contributed by atoms with Crippen LogP contribution in [0.25, 0.3) is 0 Å². The van der Waals surface area contributed by atoms with E-state index in [2.05, 4.69) is 11.8 Å². The number of carbonyl (C=O) groups is 2. The van der Waals surface area contributed by atoms with Crippen LogP contribution in [0.1, 0.15) is 29.6 Å². The molecule has 0 radical (unpaired) electrons. The van der Waals surface area contributed by atoms with Crippen molar-refractivity contribution < 1.29 is 29.3 Å². The number of esters is 1. The lowest BCUT2D eigenvalue weighted by Gasteiger charge is -2.17. The number of ether oxygens (including phenoxy) is 2. The number of benzene rings is 2. The standard InChI is InChI=1S/C24H24O6/c25-22-14-12-17(21(22)15-23(26)27)11-13-20(16-29-19-9-5-2-6-10-19)30-24(28)18-7-3-1-4-8-18/h1-10,17,20-22,25H,12,14-16H2,(H,26,27). The summed E-state index contributed by atoms with van der Waals surface area (Å²) in [6.45, 7) is 0.0362. The number of carbonyl (C=O) groups excluding carboxylic acids is 1. The molecule has 0 aliphatic heterocycles. The summed E-state index contributed by atoms with van der Waals surface area (Å²) in [5.41, 5.74) is 0.407. The average molecular weight is 408 g/mol. The Morgan fingerprint density at radius 2 is 1.70 bits per heavy atom. The van der Waals surface area contributed by atoms with Crippen LogP contribution in [0.3, 0.4) is 0 Å². The zero-order valence-corrected chi connectivity index (χ0v) is 16.4. The van der Waals surface area contributed by atoms with Crippen LogP contribution in [0.5, 0.6) is 5.75 Å². The number of para-hydroxylation sites is 1. The van der Waals surface area contributed by atoms with Crippen LogP contribution in [0, 0.1) is 23.7 Å². The first kappa shape index (κ1) is 21.4. The Bertz CT molecular complexity index is 900. The summed E-state index contributed by atoms with van der Waals surface area (Å²) in [4.78, 5) is 23.6. The summed E-state index contributed by atoms with van der Waals surface area (Å²) in [7, 11) is 0. The van der Waals surface area contributed by atoms with Gasteiger partial charge in [-0.2, -0.15) is 0 Å². The SMILES string of the molecule is O=C(O)CC1C(O)CCC1C#CC(COc1ccccc1)OC(=O)c1ccccc1. The van der Waals surface area contributed by atoms with E-state index in [1.807, 2.05) is 18.2 Å². The second kappa shape index (κ2) is 10.5. The van der Waals surface area contributed by atoms with E-state index in [9.17, 15) is 14.7 Å². The van der Waals surface area contributed by atoms with E-state index in [-0.39, 0.29) is 18.9 Å².